The maximum atomic E-state index is 6.33. The summed E-state index contributed by atoms with van der Waals surface area (Å²) in [7, 11) is 0. The Balaban J connectivity index is 1.14. The lowest BCUT2D eigenvalue weighted by Crippen LogP contribution is -2.31. The molecule has 2 aliphatic rings. The Hall–Kier alpha value is -7.88. The molecular weight excluding hydrogens is 729 g/mol. The van der Waals surface area contributed by atoms with Crippen LogP contribution in [0.25, 0.3) is 82.1 Å². The van der Waals surface area contributed by atoms with Crippen LogP contribution in [-0.2, 0) is 5.41 Å². The summed E-state index contributed by atoms with van der Waals surface area (Å²) in [6.45, 7) is 0. The molecule has 2 heterocycles. The zero-order valence-electron chi connectivity index (χ0n) is 32.4. The molecule has 278 valence electrons. The van der Waals surface area contributed by atoms with Crippen molar-refractivity contribution in [3.8, 4) is 16.8 Å². The lowest BCUT2D eigenvalue weighted by Gasteiger charge is -2.39. The summed E-state index contributed by atoms with van der Waals surface area (Å²) in [5, 5.41) is 9.89. The van der Waals surface area contributed by atoms with Gasteiger partial charge in [0.25, 0.3) is 0 Å². The van der Waals surface area contributed by atoms with Crippen LogP contribution in [0.3, 0.4) is 0 Å². The normalized spacial score (nSPS) is 13.5. The zero-order chi connectivity index (χ0) is 39.1. The van der Waals surface area contributed by atoms with Gasteiger partial charge in [-0.3, -0.25) is 0 Å². The van der Waals surface area contributed by atoms with E-state index in [9.17, 15) is 0 Å². The first-order chi connectivity index (χ1) is 29.8. The van der Waals surface area contributed by atoms with Crippen molar-refractivity contribution in [1.82, 2.24) is 4.57 Å². The molecule has 2 aliphatic carbocycles. The van der Waals surface area contributed by atoms with E-state index in [0.29, 0.717) is 0 Å². The van der Waals surface area contributed by atoms with E-state index in [-0.39, 0.29) is 0 Å². The summed E-state index contributed by atoms with van der Waals surface area (Å²) >= 11 is 0. The Bertz CT molecular complexity index is 3750. The van der Waals surface area contributed by atoms with Gasteiger partial charge in [0.1, 0.15) is 11.2 Å². The highest BCUT2D eigenvalue weighted by Gasteiger charge is 2.50. The summed E-state index contributed by atoms with van der Waals surface area (Å²) in [6, 6.07) is 76.2. The number of anilines is 3. The Kier molecular flexibility index (Phi) is 6.22. The lowest BCUT2D eigenvalue weighted by molar-refractivity contribution is 0.669. The van der Waals surface area contributed by atoms with Crippen LogP contribution in [-0.4, -0.2) is 4.57 Å². The van der Waals surface area contributed by atoms with E-state index in [1.807, 2.05) is 6.07 Å². The predicted molar refractivity (Wildman–Crippen MR) is 249 cm³/mol. The zero-order valence-corrected chi connectivity index (χ0v) is 32.4. The minimum atomic E-state index is -0.565. The van der Waals surface area contributed by atoms with E-state index >= 15 is 0 Å². The largest absolute Gasteiger partial charge is 0.456 e. The van der Waals surface area contributed by atoms with Crippen molar-refractivity contribution < 1.29 is 4.42 Å². The van der Waals surface area contributed by atoms with Crippen molar-refractivity contribution in [2.75, 3.05) is 4.90 Å². The number of hydrogen-bond acceptors (Lipinski definition) is 2. The molecule has 0 atom stereocenters. The molecule has 0 bridgehead atoms. The summed E-state index contributed by atoms with van der Waals surface area (Å²) in [4.78, 5) is 2.43. The second-order valence-electron chi connectivity index (χ2n) is 16.4. The SMILES string of the molecule is c1ccc(N(c2cc3c4c(ccc5c4c4c(cccc4n5-c4ccc5ccccc5c4)C34c3ccccc3-c3ccccc34)c2)c2ccc3oc4ccccc4c3c2)cc1. The highest BCUT2D eigenvalue weighted by molar-refractivity contribution is 6.27. The summed E-state index contributed by atoms with van der Waals surface area (Å²) in [5.41, 5.74) is 16.0. The first kappa shape index (κ1) is 32.1. The quantitative estimate of drug-likeness (QED) is 0.178. The van der Waals surface area contributed by atoms with Crippen LogP contribution in [0.2, 0.25) is 0 Å². The van der Waals surface area contributed by atoms with E-state index < -0.39 is 5.41 Å². The maximum Gasteiger partial charge on any atom is 0.135 e. The van der Waals surface area contributed by atoms with Gasteiger partial charge in [0, 0.05) is 44.3 Å². The number of aromatic nitrogens is 1. The van der Waals surface area contributed by atoms with Gasteiger partial charge in [0.2, 0.25) is 0 Å². The van der Waals surface area contributed by atoms with Crippen LogP contribution < -0.4 is 4.90 Å². The highest BCUT2D eigenvalue weighted by atomic mass is 16.3. The Morgan fingerprint density at radius 3 is 1.90 bits per heavy atom. The molecule has 0 radical (unpaired) electrons. The van der Waals surface area contributed by atoms with Gasteiger partial charge in [0.15, 0.2) is 0 Å². The molecule has 0 aliphatic heterocycles. The maximum absolute atomic E-state index is 6.33. The fourth-order valence-corrected chi connectivity index (χ4v) is 11.2. The van der Waals surface area contributed by atoms with Crippen LogP contribution in [0.4, 0.5) is 17.1 Å². The second-order valence-corrected chi connectivity index (χ2v) is 16.4. The number of benzene rings is 10. The topological polar surface area (TPSA) is 21.3 Å². The molecule has 12 aromatic rings. The smallest absolute Gasteiger partial charge is 0.135 e. The first-order valence-corrected chi connectivity index (χ1v) is 20.8. The molecule has 14 rings (SSSR count). The molecule has 2 aromatic heterocycles. The van der Waals surface area contributed by atoms with Crippen molar-refractivity contribution in [3.63, 3.8) is 0 Å². The van der Waals surface area contributed by atoms with Crippen LogP contribution in [0.5, 0.6) is 0 Å². The molecule has 0 amide bonds. The number of para-hydroxylation sites is 2. The van der Waals surface area contributed by atoms with Gasteiger partial charge in [-0.1, -0.05) is 133 Å². The summed E-state index contributed by atoms with van der Waals surface area (Å²) < 4.78 is 8.84. The fraction of sp³-hybridized carbons (Fsp3) is 0.0175. The van der Waals surface area contributed by atoms with E-state index in [2.05, 4.69) is 210 Å². The summed E-state index contributed by atoms with van der Waals surface area (Å²) in [6.07, 6.45) is 0. The standard InChI is InChI=1S/C57H34N2O/c1-2-15-38(16-3-1)58(40-28-30-53-45(33-40)44-19-8-11-24-52(44)60-53)41-32-37-26-29-51-56-54(37)49(34-41)57(46-20-9-6-17-42(46)43-18-7-10-21-47(43)57)48-22-12-23-50(55(48)56)59(51)39-27-25-35-13-4-5-14-36(35)31-39/h1-34H. The van der Waals surface area contributed by atoms with Crippen LogP contribution >= 0.6 is 0 Å². The van der Waals surface area contributed by atoms with Gasteiger partial charge < -0.3 is 13.9 Å². The first-order valence-electron chi connectivity index (χ1n) is 20.8. The van der Waals surface area contributed by atoms with Gasteiger partial charge in [-0.2, -0.15) is 0 Å². The van der Waals surface area contributed by atoms with Gasteiger partial charge in [-0.05, 0) is 128 Å². The molecule has 3 nitrogen and oxygen atoms in total. The Morgan fingerprint density at radius 2 is 1.05 bits per heavy atom. The predicted octanol–water partition coefficient (Wildman–Crippen LogP) is 15.1. The average Bonchev–Trinajstić information content (AvgIpc) is 3.95. The van der Waals surface area contributed by atoms with Crippen LogP contribution in [0, 0.1) is 0 Å². The highest BCUT2D eigenvalue weighted by Crippen LogP contribution is 2.63. The molecule has 0 N–H and O–H groups in total. The van der Waals surface area contributed by atoms with E-state index in [1.165, 1.54) is 82.4 Å². The monoisotopic (exact) mass is 762 g/mol. The van der Waals surface area contributed by atoms with Crippen molar-refractivity contribution in [3.05, 3.63) is 229 Å². The van der Waals surface area contributed by atoms with Gasteiger partial charge in [0.05, 0.1) is 16.4 Å². The molecule has 10 aromatic carbocycles. The van der Waals surface area contributed by atoms with Gasteiger partial charge >= 0.3 is 0 Å². The molecular formula is C57H34N2O. The molecule has 0 saturated carbocycles. The Labute approximate surface area is 345 Å². The van der Waals surface area contributed by atoms with Crippen molar-refractivity contribution in [1.29, 1.82) is 0 Å². The minimum absolute atomic E-state index is 0.565. The number of hydrogen-bond donors (Lipinski definition) is 0. The van der Waals surface area contributed by atoms with Crippen molar-refractivity contribution in [2.45, 2.75) is 5.41 Å². The Morgan fingerprint density at radius 1 is 0.367 bits per heavy atom. The minimum Gasteiger partial charge on any atom is -0.456 e. The summed E-state index contributed by atoms with van der Waals surface area (Å²) in [5.74, 6) is 0. The molecule has 3 heteroatoms. The van der Waals surface area contributed by atoms with Crippen molar-refractivity contribution >= 4 is 82.4 Å². The molecule has 1 spiro atoms. The molecule has 60 heavy (non-hydrogen) atoms. The molecule has 0 unspecified atom stereocenters. The number of rotatable bonds is 4. The third kappa shape index (κ3) is 4.03. The number of furan rings is 1. The third-order valence-corrected chi connectivity index (χ3v) is 13.5. The molecule has 0 fully saturated rings. The van der Waals surface area contributed by atoms with Crippen LogP contribution in [0.1, 0.15) is 22.3 Å². The van der Waals surface area contributed by atoms with E-state index in [4.69, 9.17) is 4.42 Å². The number of fused-ring (bicyclic) bond motifs is 11. The van der Waals surface area contributed by atoms with E-state index in [0.717, 1.165) is 39.0 Å². The molecule has 0 saturated heterocycles. The average molecular weight is 763 g/mol. The third-order valence-electron chi connectivity index (χ3n) is 13.5. The number of nitrogens with zero attached hydrogens (tertiary/aromatic N) is 2. The van der Waals surface area contributed by atoms with Crippen LogP contribution in [0.15, 0.2) is 211 Å². The fourth-order valence-electron chi connectivity index (χ4n) is 11.2. The van der Waals surface area contributed by atoms with Gasteiger partial charge in [-0.15, -0.1) is 0 Å². The second kappa shape index (κ2) is 11.6. The van der Waals surface area contributed by atoms with E-state index in [1.54, 1.807) is 0 Å². The van der Waals surface area contributed by atoms with Crippen molar-refractivity contribution in [2.24, 2.45) is 0 Å². The van der Waals surface area contributed by atoms with Gasteiger partial charge in [-0.25, -0.2) is 0 Å². The lowest BCUT2D eigenvalue weighted by atomic mass is 9.63.